The number of aryl methyl sites for hydroxylation is 1. The maximum Gasteiger partial charge on any atom is 0.258 e. The minimum absolute atomic E-state index is 0.185. The lowest BCUT2D eigenvalue weighted by Crippen LogP contribution is -2.41. The first kappa shape index (κ1) is 27.0. The topological polar surface area (TPSA) is 75.7 Å². The largest absolute Gasteiger partial charge is 0.487 e. The molecule has 1 aliphatic heterocycles. The third-order valence-electron chi connectivity index (χ3n) is 6.10. The van der Waals surface area contributed by atoms with Gasteiger partial charge in [0.1, 0.15) is 11.4 Å². The SMILES string of the molecule is C#C.CCc1ccc(S(=O)(=O)N[C@H]2CC(C)(C)Oc3ccc(C(=O)N(C)c4ccccc4)cc32)cc1. The fraction of sp³-hybridized carbons (Fsp3) is 0.276. The van der Waals surface area contributed by atoms with Gasteiger partial charge in [-0.1, -0.05) is 37.3 Å². The van der Waals surface area contributed by atoms with Gasteiger partial charge in [-0.3, -0.25) is 4.79 Å². The zero-order valence-electron chi connectivity index (χ0n) is 21.1. The number of nitrogens with zero attached hydrogens (tertiary/aromatic N) is 1. The summed E-state index contributed by atoms with van der Waals surface area (Å²) in [7, 11) is -2.05. The molecule has 3 aromatic carbocycles. The molecule has 1 aliphatic rings. The molecule has 0 aromatic heterocycles. The van der Waals surface area contributed by atoms with E-state index in [1.165, 1.54) is 0 Å². The lowest BCUT2D eigenvalue weighted by Gasteiger charge is -2.38. The summed E-state index contributed by atoms with van der Waals surface area (Å²) >= 11 is 0. The normalized spacial score (nSPS) is 16.0. The first-order valence-electron chi connectivity index (χ1n) is 11.7. The van der Waals surface area contributed by atoms with Crippen LogP contribution in [0, 0.1) is 12.8 Å². The molecule has 1 N–H and O–H groups in total. The Kier molecular flexibility index (Phi) is 8.24. The summed E-state index contributed by atoms with van der Waals surface area (Å²) in [5.41, 5.74) is 2.39. The summed E-state index contributed by atoms with van der Waals surface area (Å²) in [5, 5.41) is 0. The van der Waals surface area contributed by atoms with Crippen molar-refractivity contribution in [1.82, 2.24) is 4.72 Å². The van der Waals surface area contributed by atoms with Crippen molar-refractivity contribution in [1.29, 1.82) is 0 Å². The van der Waals surface area contributed by atoms with Crippen LogP contribution >= 0.6 is 0 Å². The Morgan fingerprint density at radius 3 is 2.31 bits per heavy atom. The Balaban J connectivity index is 0.00000176. The lowest BCUT2D eigenvalue weighted by molar-refractivity contribution is 0.0701. The van der Waals surface area contributed by atoms with Crippen molar-refractivity contribution in [3.63, 3.8) is 0 Å². The van der Waals surface area contributed by atoms with Crippen LogP contribution in [0.2, 0.25) is 0 Å². The van der Waals surface area contributed by atoms with Gasteiger partial charge < -0.3 is 9.64 Å². The van der Waals surface area contributed by atoms with Crippen molar-refractivity contribution < 1.29 is 17.9 Å². The predicted octanol–water partition coefficient (Wildman–Crippen LogP) is 5.36. The highest BCUT2D eigenvalue weighted by Gasteiger charge is 2.36. The monoisotopic (exact) mass is 504 g/mol. The second-order valence-corrected chi connectivity index (χ2v) is 10.9. The molecule has 188 valence electrons. The van der Waals surface area contributed by atoms with Gasteiger partial charge in [-0.2, -0.15) is 0 Å². The fourth-order valence-corrected chi connectivity index (χ4v) is 5.43. The molecule has 0 spiro atoms. The highest BCUT2D eigenvalue weighted by atomic mass is 32.2. The number of benzene rings is 3. The third kappa shape index (κ3) is 5.96. The Labute approximate surface area is 214 Å². The maximum atomic E-state index is 13.2. The molecule has 0 bridgehead atoms. The first-order chi connectivity index (χ1) is 17.1. The van der Waals surface area contributed by atoms with E-state index in [2.05, 4.69) is 17.6 Å². The molecule has 7 heteroatoms. The van der Waals surface area contributed by atoms with E-state index in [9.17, 15) is 13.2 Å². The molecule has 36 heavy (non-hydrogen) atoms. The number of nitrogens with one attached hydrogen (secondary N) is 1. The van der Waals surface area contributed by atoms with Crippen LogP contribution in [0.1, 0.15) is 54.7 Å². The van der Waals surface area contributed by atoms with E-state index in [4.69, 9.17) is 4.74 Å². The van der Waals surface area contributed by atoms with Gasteiger partial charge in [-0.05, 0) is 68.3 Å². The highest BCUT2D eigenvalue weighted by molar-refractivity contribution is 7.89. The Bertz CT molecular complexity index is 1330. The number of terminal acetylenes is 1. The van der Waals surface area contributed by atoms with Crippen LogP contribution in [0.25, 0.3) is 0 Å². The second kappa shape index (κ2) is 11.0. The zero-order chi connectivity index (χ0) is 26.5. The number of amides is 1. The van der Waals surface area contributed by atoms with Crippen LogP contribution in [0.5, 0.6) is 5.75 Å². The molecule has 3 aromatic rings. The summed E-state index contributed by atoms with van der Waals surface area (Å²) in [4.78, 5) is 15.0. The van der Waals surface area contributed by atoms with Crippen molar-refractivity contribution >= 4 is 21.6 Å². The van der Waals surface area contributed by atoms with Gasteiger partial charge in [0, 0.05) is 30.3 Å². The summed E-state index contributed by atoms with van der Waals surface area (Å²) < 4.78 is 35.4. The summed E-state index contributed by atoms with van der Waals surface area (Å²) in [5.74, 6) is 0.389. The Morgan fingerprint density at radius 2 is 1.69 bits per heavy atom. The molecular weight excluding hydrogens is 472 g/mol. The van der Waals surface area contributed by atoms with Crippen LogP contribution in [0.15, 0.2) is 77.7 Å². The van der Waals surface area contributed by atoms with E-state index < -0.39 is 21.7 Å². The zero-order valence-corrected chi connectivity index (χ0v) is 21.9. The predicted molar refractivity (Wildman–Crippen MR) is 144 cm³/mol. The van der Waals surface area contributed by atoms with Gasteiger partial charge in [0.15, 0.2) is 0 Å². The molecule has 1 heterocycles. The number of para-hydroxylation sites is 1. The molecule has 0 saturated heterocycles. The molecule has 0 fully saturated rings. The van der Waals surface area contributed by atoms with Crippen molar-refractivity contribution in [2.75, 3.05) is 11.9 Å². The smallest absolute Gasteiger partial charge is 0.258 e. The summed E-state index contributed by atoms with van der Waals surface area (Å²) in [6.45, 7) is 5.88. The van der Waals surface area contributed by atoms with Crippen molar-refractivity contribution in [2.45, 2.75) is 50.2 Å². The van der Waals surface area contributed by atoms with Crippen LogP contribution in [0.4, 0.5) is 5.69 Å². The van der Waals surface area contributed by atoms with Crippen LogP contribution in [-0.2, 0) is 16.4 Å². The standard InChI is InChI=1S/C27H30N2O4S.C2H2/c1-5-19-11-14-22(15-12-19)34(31,32)28-24-18-27(2,3)33-25-16-13-20(17-23(24)25)26(30)29(4)21-9-7-6-8-10-21;1-2/h6-17,24,28H,5,18H2,1-4H3;1-2H/t24-;/m0./s1. The van der Waals surface area contributed by atoms with Crippen molar-refractivity contribution in [3.8, 4) is 18.6 Å². The van der Waals surface area contributed by atoms with Crippen LogP contribution in [-0.4, -0.2) is 27.0 Å². The molecule has 4 rings (SSSR count). The van der Waals surface area contributed by atoms with Gasteiger partial charge in [-0.15, -0.1) is 12.8 Å². The van der Waals surface area contributed by atoms with Gasteiger partial charge in [-0.25, -0.2) is 13.1 Å². The number of anilines is 1. The number of carbonyl (C=O) groups is 1. The second-order valence-electron chi connectivity index (χ2n) is 9.19. The van der Waals surface area contributed by atoms with E-state index in [1.807, 2.05) is 63.2 Å². The average molecular weight is 505 g/mol. The molecule has 0 aliphatic carbocycles. The maximum absolute atomic E-state index is 13.2. The summed E-state index contributed by atoms with van der Waals surface area (Å²) in [6, 6.07) is 20.9. The molecule has 0 unspecified atom stereocenters. The van der Waals surface area contributed by atoms with Gasteiger partial charge >= 0.3 is 0 Å². The Morgan fingerprint density at radius 1 is 1.06 bits per heavy atom. The molecule has 1 amide bonds. The van der Waals surface area contributed by atoms with Crippen LogP contribution < -0.4 is 14.4 Å². The number of rotatable bonds is 6. The quantitative estimate of drug-likeness (QED) is 0.459. The number of hydrogen-bond acceptors (Lipinski definition) is 4. The van der Waals surface area contributed by atoms with E-state index in [0.29, 0.717) is 23.3 Å². The molecule has 0 saturated carbocycles. The third-order valence-corrected chi connectivity index (χ3v) is 7.59. The van der Waals surface area contributed by atoms with E-state index >= 15 is 0 Å². The number of carbonyl (C=O) groups excluding carboxylic acids is 1. The van der Waals surface area contributed by atoms with Gasteiger partial charge in [0.2, 0.25) is 10.0 Å². The highest BCUT2D eigenvalue weighted by Crippen LogP contribution is 2.41. The van der Waals surface area contributed by atoms with E-state index in [0.717, 1.165) is 17.7 Å². The van der Waals surface area contributed by atoms with Gasteiger partial charge in [0.05, 0.1) is 10.9 Å². The fourth-order valence-electron chi connectivity index (χ4n) is 4.21. The lowest BCUT2D eigenvalue weighted by atomic mass is 9.89. The van der Waals surface area contributed by atoms with Crippen molar-refractivity contribution in [2.24, 2.45) is 0 Å². The first-order valence-corrected chi connectivity index (χ1v) is 13.2. The number of sulfonamides is 1. The Hall–Kier alpha value is -3.60. The number of fused-ring (bicyclic) bond motifs is 1. The van der Waals surface area contributed by atoms with Gasteiger partial charge in [0.25, 0.3) is 5.91 Å². The number of ether oxygens (including phenoxy) is 1. The average Bonchev–Trinajstić information content (AvgIpc) is 2.88. The molecular formula is C29H32N2O4S. The van der Waals surface area contributed by atoms with E-state index in [-0.39, 0.29) is 10.8 Å². The van der Waals surface area contributed by atoms with Crippen molar-refractivity contribution in [3.05, 3.63) is 89.5 Å². The minimum atomic E-state index is -3.77. The molecule has 1 atom stereocenters. The number of hydrogen-bond donors (Lipinski definition) is 1. The molecule has 0 radical (unpaired) electrons. The van der Waals surface area contributed by atoms with Crippen LogP contribution in [0.3, 0.4) is 0 Å². The molecule has 6 nitrogen and oxygen atoms in total. The summed E-state index contributed by atoms with van der Waals surface area (Å²) in [6.07, 6.45) is 9.27. The minimum Gasteiger partial charge on any atom is -0.487 e. The van der Waals surface area contributed by atoms with E-state index in [1.54, 1.807) is 42.3 Å².